The van der Waals surface area contributed by atoms with Gasteiger partial charge in [0.1, 0.15) is 4.88 Å². The Morgan fingerprint density at radius 1 is 1.40 bits per heavy atom. The highest BCUT2D eigenvalue weighted by Gasteiger charge is 2.25. The first-order chi connectivity index (χ1) is 9.63. The van der Waals surface area contributed by atoms with Gasteiger partial charge >= 0.3 is 0 Å². The highest BCUT2D eigenvalue weighted by molar-refractivity contribution is 7.12. The lowest BCUT2D eigenvalue weighted by Crippen LogP contribution is -2.50. The first-order valence-corrected chi connectivity index (χ1v) is 7.81. The number of nitrogens with zero attached hydrogens (tertiary/aromatic N) is 2. The fraction of sp³-hybridized carbons (Fsp3) is 0.533. The number of rotatable bonds is 2. The Balaban J connectivity index is 2.04. The second kappa shape index (κ2) is 6.89. The summed E-state index contributed by atoms with van der Waals surface area (Å²) in [5.41, 5.74) is 6.19. The molecule has 0 aliphatic carbocycles. The molecule has 5 heteroatoms. The van der Waals surface area contributed by atoms with Crippen molar-refractivity contribution in [2.24, 2.45) is 5.73 Å². The molecule has 1 saturated heterocycles. The van der Waals surface area contributed by atoms with Gasteiger partial charge < -0.3 is 10.6 Å². The van der Waals surface area contributed by atoms with Gasteiger partial charge in [-0.3, -0.25) is 9.69 Å². The lowest BCUT2D eigenvalue weighted by atomic mass is 10.2. The molecule has 4 nitrogen and oxygen atoms in total. The zero-order valence-corrected chi connectivity index (χ0v) is 12.9. The number of carbonyl (C=O) groups is 1. The predicted molar refractivity (Wildman–Crippen MR) is 82.9 cm³/mol. The first kappa shape index (κ1) is 15.0. The van der Waals surface area contributed by atoms with E-state index in [4.69, 9.17) is 5.73 Å². The van der Waals surface area contributed by atoms with Crippen LogP contribution in [0.15, 0.2) is 11.4 Å². The molecule has 1 aromatic rings. The van der Waals surface area contributed by atoms with Gasteiger partial charge in [0.25, 0.3) is 5.91 Å². The Kier molecular flexibility index (Phi) is 5.18. The van der Waals surface area contributed by atoms with Gasteiger partial charge in [-0.15, -0.1) is 11.3 Å². The van der Waals surface area contributed by atoms with Crippen LogP contribution in [0.3, 0.4) is 0 Å². The van der Waals surface area contributed by atoms with Crippen LogP contribution in [0.25, 0.3) is 0 Å². The molecule has 1 amide bonds. The van der Waals surface area contributed by atoms with Crippen molar-refractivity contribution in [3.8, 4) is 11.8 Å². The molecule has 2 heterocycles. The van der Waals surface area contributed by atoms with Gasteiger partial charge in [0, 0.05) is 37.8 Å². The topological polar surface area (TPSA) is 49.6 Å². The van der Waals surface area contributed by atoms with Crippen LogP contribution in [0.2, 0.25) is 0 Å². The summed E-state index contributed by atoms with van der Waals surface area (Å²) in [5, 5.41) is 1.91. The minimum absolute atomic E-state index is 0.102. The molecule has 2 N–H and O–H groups in total. The van der Waals surface area contributed by atoms with E-state index >= 15 is 0 Å². The molecule has 0 atom stereocenters. The summed E-state index contributed by atoms with van der Waals surface area (Å²) >= 11 is 1.46. The van der Waals surface area contributed by atoms with Gasteiger partial charge in [-0.2, -0.15) is 0 Å². The molecule has 1 aliphatic rings. The molecule has 0 spiro atoms. The molecule has 0 radical (unpaired) electrons. The lowest BCUT2D eigenvalue weighted by Gasteiger charge is -2.36. The van der Waals surface area contributed by atoms with Gasteiger partial charge in [-0.25, -0.2) is 0 Å². The maximum absolute atomic E-state index is 12.5. The van der Waals surface area contributed by atoms with Crippen molar-refractivity contribution in [1.82, 2.24) is 9.80 Å². The summed E-state index contributed by atoms with van der Waals surface area (Å²) in [6, 6.07) is 2.44. The fourth-order valence-electron chi connectivity index (χ4n) is 2.30. The van der Waals surface area contributed by atoms with Crippen LogP contribution in [0.1, 0.15) is 29.1 Å². The minimum Gasteiger partial charge on any atom is -0.335 e. The van der Waals surface area contributed by atoms with E-state index in [-0.39, 0.29) is 5.91 Å². The molecule has 1 fully saturated rings. The van der Waals surface area contributed by atoms with Crippen molar-refractivity contribution in [3.63, 3.8) is 0 Å². The van der Waals surface area contributed by atoms with Crippen molar-refractivity contribution in [2.75, 3.05) is 32.7 Å². The van der Waals surface area contributed by atoms with E-state index in [1.54, 1.807) is 0 Å². The van der Waals surface area contributed by atoms with Gasteiger partial charge in [-0.05, 0) is 25.3 Å². The summed E-state index contributed by atoms with van der Waals surface area (Å²) in [5.74, 6) is 5.90. The summed E-state index contributed by atoms with van der Waals surface area (Å²) < 4.78 is 0. The van der Waals surface area contributed by atoms with E-state index in [1.165, 1.54) is 11.3 Å². The van der Waals surface area contributed by atoms with E-state index in [9.17, 15) is 4.79 Å². The van der Waals surface area contributed by atoms with Crippen molar-refractivity contribution in [3.05, 3.63) is 21.9 Å². The van der Waals surface area contributed by atoms with E-state index in [0.717, 1.165) is 36.6 Å². The molecule has 0 unspecified atom stereocenters. The summed E-state index contributed by atoms with van der Waals surface area (Å²) in [7, 11) is 0. The molecule has 1 aromatic heterocycles. The zero-order chi connectivity index (χ0) is 14.5. The van der Waals surface area contributed by atoms with Gasteiger partial charge in [0.2, 0.25) is 0 Å². The molecule has 2 rings (SSSR count). The number of thiophene rings is 1. The van der Waals surface area contributed by atoms with Gasteiger partial charge in [0.05, 0.1) is 6.54 Å². The Morgan fingerprint density at radius 3 is 2.70 bits per heavy atom. The Morgan fingerprint density at radius 2 is 2.10 bits per heavy atom. The largest absolute Gasteiger partial charge is 0.335 e. The maximum Gasteiger partial charge on any atom is 0.265 e. The highest BCUT2D eigenvalue weighted by Crippen LogP contribution is 2.19. The Bertz CT molecular complexity index is 519. The number of amides is 1. The third kappa shape index (κ3) is 3.40. The zero-order valence-electron chi connectivity index (χ0n) is 12.1. The number of hydrogen-bond acceptors (Lipinski definition) is 4. The minimum atomic E-state index is 0.102. The van der Waals surface area contributed by atoms with Crippen LogP contribution in [0.4, 0.5) is 0 Å². The molecule has 1 aliphatic heterocycles. The highest BCUT2D eigenvalue weighted by atomic mass is 32.1. The molecule has 0 aromatic carbocycles. The second-order valence-electron chi connectivity index (χ2n) is 5.09. The van der Waals surface area contributed by atoms with Crippen LogP contribution in [-0.4, -0.2) is 54.5 Å². The van der Waals surface area contributed by atoms with Crippen LogP contribution in [-0.2, 0) is 0 Å². The van der Waals surface area contributed by atoms with Crippen LogP contribution < -0.4 is 5.73 Å². The fourth-order valence-corrected chi connectivity index (χ4v) is 3.12. The molecular weight excluding hydrogens is 270 g/mol. The van der Waals surface area contributed by atoms with E-state index in [1.807, 2.05) is 16.3 Å². The van der Waals surface area contributed by atoms with Crippen molar-refractivity contribution < 1.29 is 4.79 Å². The molecule has 0 saturated carbocycles. The average Bonchev–Trinajstić information content (AvgIpc) is 2.92. The second-order valence-corrected chi connectivity index (χ2v) is 6.01. The third-order valence-electron chi connectivity index (χ3n) is 3.52. The molecule has 108 valence electrons. The van der Waals surface area contributed by atoms with Gasteiger partial charge in [-0.1, -0.05) is 11.8 Å². The maximum atomic E-state index is 12.5. The summed E-state index contributed by atoms with van der Waals surface area (Å²) in [4.78, 5) is 17.6. The Hall–Kier alpha value is -1.35. The standard InChI is InChI=1S/C15H21N3OS/c1-12(2)17-7-9-18(10-8-17)15(19)14-13(4-3-6-16)5-11-20-14/h5,11-12H,6-10,16H2,1-2H3. The number of hydrogen-bond donors (Lipinski definition) is 1. The average molecular weight is 291 g/mol. The molecule has 0 bridgehead atoms. The van der Waals surface area contributed by atoms with Crippen molar-refractivity contribution in [1.29, 1.82) is 0 Å². The van der Waals surface area contributed by atoms with E-state index in [0.29, 0.717) is 12.6 Å². The Labute approximate surface area is 124 Å². The van der Waals surface area contributed by atoms with Crippen molar-refractivity contribution >= 4 is 17.2 Å². The van der Waals surface area contributed by atoms with E-state index < -0.39 is 0 Å². The van der Waals surface area contributed by atoms with Crippen LogP contribution in [0.5, 0.6) is 0 Å². The molecule has 20 heavy (non-hydrogen) atoms. The normalized spacial score (nSPS) is 16.1. The van der Waals surface area contributed by atoms with Crippen LogP contribution in [0, 0.1) is 11.8 Å². The molecular formula is C15H21N3OS. The quantitative estimate of drug-likeness (QED) is 0.834. The van der Waals surface area contributed by atoms with Crippen LogP contribution >= 0.6 is 11.3 Å². The van der Waals surface area contributed by atoms with Crippen molar-refractivity contribution in [2.45, 2.75) is 19.9 Å². The monoisotopic (exact) mass is 291 g/mol. The number of nitrogens with two attached hydrogens (primary N) is 1. The third-order valence-corrected chi connectivity index (χ3v) is 4.42. The predicted octanol–water partition coefficient (Wildman–Crippen LogP) is 1.22. The number of piperazine rings is 1. The lowest BCUT2D eigenvalue weighted by molar-refractivity contribution is 0.0600. The van der Waals surface area contributed by atoms with Gasteiger partial charge in [0.15, 0.2) is 0 Å². The van der Waals surface area contributed by atoms with E-state index in [2.05, 4.69) is 30.6 Å². The summed E-state index contributed by atoms with van der Waals surface area (Å²) in [6.45, 7) is 8.17. The first-order valence-electron chi connectivity index (χ1n) is 6.93. The summed E-state index contributed by atoms with van der Waals surface area (Å²) in [6.07, 6.45) is 0. The number of carbonyl (C=O) groups excluding carboxylic acids is 1. The SMILES string of the molecule is CC(C)N1CCN(C(=O)c2sccc2C#CCN)CC1. The smallest absolute Gasteiger partial charge is 0.265 e.